The first-order valence-electron chi connectivity index (χ1n) is 11.4. The average Bonchev–Trinajstić information content (AvgIpc) is 2.71. The van der Waals surface area contributed by atoms with Crippen molar-refractivity contribution in [2.24, 2.45) is 0 Å². The highest BCUT2D eigenvalue weighted by molar-refractivity contribution is 6.30. The van der Waals surface area contributed by atoms with Crippen molar-refractivity contribution < 1.29 is 14.3 Å². The van der Waals surface area contributed by atoms with Crippen molar-refractivity contribution in [3.05, 3.63) is 64.7 Å². The fourth-order valence-electron chi connectivity index (χ4n) is 3.59. The predicted octanol–water partition coefficient (Wildman–Crippen LogP) is 5.74. The molecule has 2 rings (SSSR count). The Hall–Kier alpha value is -2.53. The van der Waals surface area contributed by atoms with Gasteiger partial charge in [0.2, 0.25) is 5.91 Å². The Morgan fingerprint density at radius 2 is 1.61 bits per heavy atom. The van der Waals surface area contributed by atoms with Gasteiger partial charge in [-0.15, -0.1) is 0 Å². The molecule has 2 aromatic carbocycles. The lowest BCUT2D eigenvalue weighted by atomic mass is 9.86. The number of rotatable bonds is 8. The van der Waals surface area contributed by atoms with Crippen molar-refractivity contribution in [2.45, 2.75) is 78.4 Å². The van der Waals surface area contributed by atoms with E-state index in [1.54, 1.807) is 17.0 Å². The monoisotopic (exact) mass is 472 g/mol. The molecule has 1 atom stereocenters. The Labute approximate surface area is 203 Å². The number of ether oxygens (including phenoxy) is 1. The van der Waals surface area contributed by atoms with Gasteiger partial charge in [-0.1, -0.05) is 69.6 Å². The molecule has 0 heterocycles. The molecular weight excluding hydrogens is 436 g/mol. The zero-order valence-electron chi connectivity index (χ0n) is 20.9. The number of carbonyl (C=O) groups excluding carboxylic acids is 2. The van der Waals surface area contributed by atoms with Gasteiger partial charge in [-0.05, 0) is 61.9 Å². The van der Waals surface area contributed by atoms with Crippen LogP contribution in [0.4, 0.5) is 0 Å². The third-order valence-corrected chi connectivity index (χ3v) is 5.45. The van der Waals surface area contributed by atoms with Gasteiger partial charge in [-0.25, -0.2) is 0 Å². The van der Waals surface area contributed by atoms with Crippen LogP contribution >= 0.6 is 11.6 Å². The summed E-state index contributed by atoms with van der Waals surface area (Å²) in [5.41, 5.74) is 1.40. The van der Waals surface area contributed by atoms with Crippen LogP contribution in [0.25, 0.3) is 0 Å². The number of halogens is 1. The molecule has 0 radical (unpaired) electrons. The molecule has 2 aromatic rings. The van der Waals surface area contributed by atoms with Crippen LogP contribution in [0.15, 0.2) is 48.5 Å². The summed E-state index contributed by atoms with van der Waals surface area (Å²) in [7, 11) is 0. The molecule has 0 aliphatic carbocycles. The van der Waals surface area contributed by atoms with Crippen LogP contribution in [0.1, 0.15) is 66.0 Å². The molecule has 0 spiro atoms. The summed E-state index contributed by atoms with van der Waals surface area (Å²) in [6, 6.07) is 14.4. The van der Waals surface area contributed by atoms with Crippen LogP contribution in [-0.2, 0) is 21.5 Å². The van der Waals surface area contributed by atoms with Crippen LogP contribution in [0.2, 0.25) is 5.02 Å². The molecule has 0 unspecified atom stereocenters. The molecule has 33 heavy (non-hydrogen) atoms. The van der Waals surface area contributed by atoms with E-state index in [-0.39, 0.29) is 30.4 Å². The van der Waals surface area contributed by atoms with Gasteiger partial charge in [-0.2, -0.15) is 0 Å². The van der Waals surface area contributed by atoms with E-state index < -0.39 is 11.6 Å². The fourth-order valence-corrected chi connectivity index (χ4v) is 3.72. The van der Waals surface area contributed by atoms with Crippen LogP contribution in [-0.4, -0.2) is 34.9 Å². The van der Waals surface area contributed by atoms with E-state index >= 15 is 0 Å². The summed E-state index contributed by atoms with van der Waals surface area (Å²) in [4.78, 5) is 28.1. The van der Waals surface area contributed by atoms with E-state index in [9.17, 15) is 9.59 Å². The van der Waals surface area contributed by atoms with Crippen LogP contribution in [0.5, 0.6) is 5.75 Å². The Kier molecular flexibility index (Phi) is 8.96. The molecule has 0 aliphatic rings. The normalized spacial score (nSPS) is 12.7. The summed E-state index contributed by atoms with van der Waals surface area (Å²) < 4.78 is 5.99. The lowest BCUT2D eigenvalue weighted by Gasteiger charge is -2.33. The summed E-state index contributed by atoms with van der Waals surface area (Å²) in [6.07, 6.45) is 0.486. The number of hydrogen-bond acceptors (Lipinski definition) is 3. The van der Waals surface area contributed by atoms with Gasteiger partial charge in [0.05, 0.1) is 0 Å². The van der Waals surface area contributed by atoms with Crippen molar-refractivity contribution >= 4 is 23.4 Å². The summed E-state index contributed by atoms with van der Waals surface area (Å²) in [5, 5.41) is 3.63. The molecule has 5 nitrogen and oxygen atoms in total. The van der Waals surface area contributed by atoms with E-state index in [0.29, 0.717) is 17.2 Å². The Balaban J connectivity index is 2.29. The second-order valence-electron chi connectivity index (χ2n) is 10.3. The minimum absolute atomic E-state index is 0.124. The first-order valence-corrected chi connectivity index (χ1v) is 11.8. The number of nitrogens with one attached hydrogen (secondary N) is 1. The largest absolute Gasteiger partial charge is 0.483 e. The van der Waals surface area contributed by atoms with Crippen molar-refractivity contribution in [2.75, 3.05) is 6.61 Å². The van der Waals surface area contributed by atoms with Gasteiger partial charge >= 0.3 is 0 Å². The zero-order chi connectivity index (χ0) is 24.8. The van der Waals surface area contributed by atoms with E-state index in [1.165, 1.54) is 0 Å². The number of carbonyl (C=O) groups is 2. The summed E-state index contributed by atoms with van der Waals surface area (Å²) in [5.74, 6) is 0.254. The summed E-state index contributed by atoms with van der Waals surface area (Å²) in [6.45, 7) is 14.1. The number of benzene rings is 2. The highest BCUT2D eigenvalue weighted by atomic mass is 35.5. The van der Waals surface area contributed by atoms with Gasteiger partial charge in [0, 0.05) is 17.1 Å². The van der Waals surface area contributed by atoms with Crippen LogP contribution in [0, 0.1) is 0 Å². The zero-order valence-corrected chi connectivity index (χ0v) is 21.6. The van der Waals surface area contributed by atoms with Crippen molar-refractivity contribution in [3.8, 4) is 5.75 Å². The maximum absolute atomic E-state index is 13.4. The van der Waals surface area contributed by atoms with Gasteiger partial charge < -0.3 is 15.0 Å². The molecule has 0 bridgehead atoms. The van der Waals surface area contributed by atoms with Crippen LogP contribution < -0.4 is 10.1 Å². The van der Waals surface area contributed by atoms with E-state index in [2.05, 4.69) is 26.1 Å². The second kappa shape index (κ2) is 11.1. The van der Waals surface area contributed by atoms with Crippen LogP contribution in [0.3, 0.4) is 0 Å². The predicted molar refractivity (Wildman–Crippen MR) is 135 cm³/mol. The maximum atomic E-state index is 13.4. The topological polar surface area (TPSA) is 58.6 Å². The summed E-state index contributed by atoms with van der Waals surface area (Å²) >= 11 is 6.03. The third kappa shape index (κ3) is 8.08. The van der Waals surface area contributed by atoms with Crippen molar-refractivity contribution in [3.63, 3.8) is 0 Å². The Bertz CT molecular complexity index is 943. The highest BCUT2D eigenvalue weighted by Crippen LogP contribution is 2.31. The SMILES string of the molecule is CC[C@@H](C(=O)NC(C)(C)C)N(Cc1ccc(Cl)cc1)C(=O)COc1ccccc1C(C)(C)C. The van der Waals surface area contributed by atoms with Gasteiger partial charge in [0.15, 0.2) is 6.61 Å². The third-order valence-electron chi connectivity index (χ3n) is 5.20. The number of hydrogen-bond donors (Lipinski definition) is 1. The van der Waals surface area contributed by atoms with E-state index in [4.69, 9.17) is 16.3 Å². The van der Waals surface area contributed by atoms with Crippen molar-refractivity contribution in [1.82, 2.24) is 10.2 Å². The Morgan fingerprint density at radius 3 is 2.15 bits per heavy atom. The van der Waals surface area contributed by atoms with Crippen molar-refractivity contribution in [1.29, 1.82) is 0 Å². The first kappa shape index (κ1) is 26.7. The number of amides is 2. The maximum Gasteiger partial charge on any atom is 0.261 e. The molecule has 0 saturated heterocycles. The molecule has 1 N–H and O–H groups in total. The molecule has 6 heteroatoms. The molecule has 2 amide bonds. The van der Waals surface area contributed by atoms with Gasteiger partial charge in [0.1, 0.15) is 11.8 Å². The quantitative estimate of drug-likeness (QED) is 0.533. The minimum atomic E-state index is -0.617. The first-order chi connectivity index (χ1) is 15.3. The lowest BCUT2D eigenvalue weighted by molar-refractivity contribution is -0.143. The second-order valence-corrected chi connectivity index (χ2v) is 10.8. The smallest absolute Gasteiger partial charge is 0.261 e. The Morgan fingerprint density at radius 1 is 1.00 bits per heavy atom. The molecule has 0 saturated carbocycles. The molecular formula is C27H37ClN2O3. The van der Waals surface area contributed by atoms with E-state index in [0.717, 1.165) is 11.1 Å². The number of para-hydroxylation sites is 1. The lowest BCUT2D eigenvalue weighted by Crippen LogP contribution is -2.54. The molecule has 0 aliphatic heterocycles. The molecule has 0 aromatic heterocycles. The number of nitrogens with zero attached hydrogens (tertiary/aromatic N) is 1. The van der Waals surface area contributed by atoms with E-state index in [1.807, 2.05) is 64.1 Å². The standard InChI is InChI=1S/C27H37ClN2O3/c1-8-22(25(32)29-27(5,6)7)30(17-19-13-15-20(28)16-14-19)24(31)18-33-23-12-10-9-11-21(23)26(2,3)4/h9-16,22H,8,17-18H2,1-7H3,(H,29,32)/t22-/m0/s1. The fraction of sp³-hybridized carbons (Fsp3) is 0.481. The minimum Gasteiger partial charge on any atom is -0.483 e. The van der Waals surface area contributed by atoms with Gasteiger partial charge in [-0.3, -0.25) is 9.59 Å². The average molecular weight is 473 g/mol. The highest BCUT2D eigenvalue weighted by Gasteiger charge is 2.31. The molecule has 0 fully saturated rings. The molecule has 180 valence electrons. The van der Waals surface area contributed by atoms with Gasteiger partial charge in [0.25, 0.3) is 5.91 Å².